The van der Waals surface area contributed by atoms with Crippen LogP contribution in [0.4, 0.5) is 4.39 Å². The highest BCUT2D eigenvalue weighted by molar-refractivity contribution is 5.92. The molecule has 0 N–H and O–H groups in total. The quantitative estimate of drug-likeness (QED) is 0.564. The molecule has 3 heterocycles. The summed E-state index contributed by atoms with van der Waals surface area (Å²) in [5, 5.41) is 1.05. The highest BCUT2D eigenvalue weighted by atomic mass is 19.1. The molecule has 0 fully saturated rings. The minimum absolute atomic E-state index is 0.106. The third-order valence-corrected chi connectivity index (χ3v) is 4.71. The number of halogens is 1. The van der Waals surface area contributed by atoms with Crippen molar-refractivity contribution in [1.29, 1.82) is 0 Å². The number of pyridine rings is 3. The third-order valence-electron chi connectivity index (χ3n) is 4.71. The first-order valence-corrected chi connectivity index (χ1v) is 9.48. The standard InChI is InChI=1S/C22H23FN4O4/c1-13-6-17(23)19(24-10-13)12-31-16-7-15(3)27(21(28)8-16)20-9-18(25-11-14(20)2)22(29)26(4)30-5/h6-11H,12H2,1-5H3. The summed E-state index contributed by atoms with van der Waals surface area (Å²) in [6, 6.07) is 5.88. The molecule has 0 spiro atoms. The van der Waals surface area contributed by atoms with Gasteiger partial charge in [0.2, 0.25) is 0 Å². The first-order chi connectivity index (χ1) is 14.7. The molecular weight excluding hydrogens is 403 g/mol. The smallest absolute Gasteiger partial charge is 0.295 e. The number of carbonyl (C=O) groups is 1. The summed E-state index contributed by atoms with van der Waals surface area (Å²) >= 11 is 0. The molecule has 9 heteroatoms. The summed E-state index contributed by atoms with van der Waals surface area (Å²) < 4.78 is 21.0. The van der Waals surface area contributed by atoms with E-state index in [1.807, 2.05) is 0 Å². The van der Waals surface area contributed by atoms with Crippen LogP contribution in [0.3, 0.4) is 0 Å². The van der Waals surface area contributed by atoms with E-state index in [-0.39, 0.29) is 23.6 Å². The molecule has 3 aromatic heterocycles. The zero-order chi connectivity index (χ0) is 22.7. The van der Waals surface area contributed by atoms with Gasteiger partial charge in [-0.05, 0) is 44.0 Å². The van der Waals surface area contributed by atoms with E-state index in [0.717, 1.165) is 5.06 Å². The summed E-state index contributed by atoms with van der Waals surface area (Å²) in [5.41, 5.74) is 2.44. The molecule has 8 nitrogen and oxygen atoms in total. The van der Waals surface area contributed by atoms with Gasteiger partial charge in [0.25, 0.3) is 11.5 Å². The van der Waals surface area contributed by atoms with Gasteiger partial charge in [-0.2, -0.15) is 0 Å². The van der Waals surface area contributed by atoms with Gasteiger partial charge in [0, 0.05) is 37.3 Å². The van der Waals surface area contributed by atoms with Gasteiger partial charge < -0.3 is 4.74 Å². The zero-order valence-corrected chi connectivity index (χ0v) is 18.0. The maximum absolute atomic E-state index is 14.0. The molecule has 3 aromatic rings. The van der Waals surface area contributed by atoms with Crippen molar-refractivity contribution >= 4 is 5.91 Å². The van der Waals surface area contributed by atoms with E-state index in [0.29, 0.717) is 28.3 Å². The third kappa shape index (κ3) is 4.77. The Morgan fingerprint density at radius 3 is 2.52 bits per heavy atom. The maximum Gasteiger partial charge on any atom is 0.295 e. The minimum Gasteiger partial charge on any atom is -0.487 e. The fourth-order valence-electron chi connectivity index (χ4n) is 3.00. The Labute approximate surface area is 178 Å². The predicted molar refractivity (Wildman–Crippen MR) is 112 cm³/mol. The van der Waals surface area contributed by atoms with Crippen LogP contribution in [0.1, 0.15) is 33.0 Å². The average Bonchev–Trinajstić information content (AvgIpc) is 2.72. The van der Waals surface area contributed by atoms with Crippen molar-refractivity contribution < 1.29 is 18.8 Å². The van der Waals surface area contributed by atoms with E-state index >= 15 is 0 Å². The van der Waals surface area contributed by atoms with Crippen molar-refractivity contribution in [1.82, 2.24) is 19.6 Å². The molecule has 162 valence electrons. The summed E-state index contributed by atoms with van der Waals surface area (Å²) in [7, 11) is 2.84. The normalized spacial score (nSPS) is 10.8. The molecule has 0 bridgehead atoms. The maximum atomic E-state index is 14.0. The number of rotatable bonds is 6. The van der Waals surface area contributed by atoms with Crippen LogP contribution in [-0.2, 0) is 11.4 Å². The Hall–Kier alpha value is -3.59. The molecule has 0 aromatic carbocycles. The van der Waals surface area contributed by atoms with Gasteiger partial charge in [-0.1, -0.05) is 0 Å². The number of ether oxygens (including phenoxy) is 1. The highest BCUT2D eigenvalue weighted by Crippen LogP contribution is 2.19. The summed E-state index contributed by atoms with van der Waals surface area (Å²) in [5.74, 6) is -0.611. The second kappa shape index (κ2) is 9.05. The number of aryl methyl sites for hydroxylation is 3. The summed E-state index contributed by atoms with van der Waals surface area (Å²) in [4.78, 5) is 38.3. The Kier molecular flexibility index (Phi) is 6.45. The molecule has 0 unspecified atom stereocenters. The van der Waals surface area contributed by atoms with Crippen molar-refractivity contribution in [2.45, 2.75) is 27.4 Å². The van der Waals surface area contributed by atoms with Crippen LogP contribution in [0.2, 0.25) is 0 Å². The molecule has 0 aliphatic heterocycles. The fourth-order valence-corrected chi connectivity index (χ4v) is 3.00. The van der Waals surface area contributed by atoms with Crippen molar-refractivity contribution in [3.63, 3.8) is 0 Å². The summed E-state index contributed by atoms with van der Waals surface area (Å²) in [6.07, 6.45) is 3.07. The Balaban J connectivity index is 1.92. The first kappa shape index (κ1) is 22.1. The SMILES string of the molecule is CON(C)C(=O)c1cc(-n2c(C)cc(OCc3ncc(C)cc3F)cc2=O)c(C)cn1. The highest BCUT2D eigenvalue weighted by Gasteiger charge is 2.17. The van der Waals surface area contributed by atoms with Gasteiger partial charge >= 0.3 is 0 Å². The van der Waals surface area contributed by atoms with Crippen molar-refractivity contribution in [2.24, 2.45) is 0 Å². The van der Waals surface area contributed by atoms with Crippen molar-refractivity contribution in [3.8, 4) is 11.4 Å². The number of hydrogen-bond donors (Lipinski definition) is 0. The molecule has 3 rings (SSSR count). The monoisotopic (exact) mass is 426 g/mol. The van der Waals surface area contributed by atoms with E-state index in [2.05, 4.69) is 9.97 Å². The number of amides is 1. The van der Waals surface area contributed by atoms with E-state index in [9.17, 15) is 14.0 Å². The number of hydroxylamine groups is 2. The topological polar surface area (TPSA) is 86.5 Å². The van der Waals surface area contributed by atoms with Crippen molar-refractivity contribution in [3.05, 3.63) is 81.0 Å². The summed E-state index contributed by atoms with van der Waals surface area (Å²) in [6.45, 7) is 5.17. The second-order valence-corrected chi connectivity index (χ2v) is 7.08. The zero-order valence-electron chi connectivity index (χ0n) is 18.0. The lowest BCUT2D eigenvalue weighted by Crippen LogP contribution is -2.27. The largest absolute Gasteiger partial charge is 0.487 e. The van der Waals surface area contributed by atoms with Gasteiger partial charge in [0.1, 0.15) is 29.6 Å². The van der Waals surface area contributed by atoms with Crippen LogP contribution >= 0.6 is 0 Å². The van der Waals surface area contributed by atoms with Gasteiger partial charge in [-0.3, -0.25) is 29.0 Å². The van der Waals surface area contributed by atoms with E-state index < -0.39 is 11.7 Å². The number of carbonyl (C=O) groups excluding carboxylic acids is 1. The average molecular weight is 426 g/mol. The van der Waals surface area contributed by atoms with E-state index in [1.54, 1.807) is 33.0 Å². The Morgan fingerprint density at radius 1 is 1.13 bits per heavy atom. The number of nitrogens with zero attached hydrogens (tertiary/aromatic N) is 4. The molecule has 0 saturated heterocycles. The van der Waals surface area contributed by atoms with Crippen LogP contribution in [0.25, 0.3) is 5.69 Å². The Bertz CT molecular complexity index is 1190. The number of aromatic nitrogens is 3. The van der Waals surface area contributed by atoms with Gasteiger partial charge in [0.05, 0.1) is 12.8 Å². The molecule has 0 radical (unpaired) electrons. The number of hydrogen-bond acceptors (Lipinski definition) is 6. The van der Waals surface area contributed by atoms with Crippen LogP contribution in [0, 0.1) is 26.6 Å². The van der Waals surface area contributed by atoms with E-state index in [4.69, 9.17) is 9.57 Å². The van der Waals surface area contributed by atoms with Crippen molar-refractivity contribution in [2.75, 3.05) is 14.2 Å². The molecule has 0 aliphatic carbocycles. The molecule has 1 amide bonds. The van der Waals surface area contributed by atoms with Crippen LogP contribution < -0.4 is 10.3 Å². The first-order valence-electron chi connectivity index (χ1n) is 9.48. The van der Waals surface area contributed by atoms with Gasteiger partial charge in [-0.25, -0.2) is 9.45 Å². The van der Waals surface area contributed by atoms with Gasteiger partial charge in [0.15, 0.2) is 0 Å². The van der Waals surface area contributed by atoms with Crippen LogP contribution in [0.15, 0.2) is 41.5 Å². The lowest BCUT2D eigenvalue weighted by Gasteiger charge is -2.17. The molecule has 0 saturated carbocycles. The van der Waals surface area contributed by atoms with Crippen LogP contribution in [-0.4, -0.2) is 39.7 Å². The van der Waals surface area contributed by atoms with Crippen LogP contribution in [0.5, 0.6) is 5.75 Å². The Morgan fingerprint density at radius 2 is 1.87 bits per heavy atom. The van der Waals surface area contributed by atoms with Gasteiger partial charge in [-0.15, -0.1) is 0 Å². The molecule has 0 aliphatic rings. The lowest BCUT2D eigenvalue weighted by atomic mass is 10.2. The predicted octanol–water partition coefficient (Wildman–Crippen LogP) is 2.90. The lowest BCUT2D eigenvalue weighted by molar-refractivity contribution is -0.0760. The molecular formula is C22H23FN4O4. The minimum atomic E-state index is -0.462. The molecule has 0 atom stereocenters. The van der Waals surface area contributed by atoms with E-state index in [1.165, 1.54) is 43.1 Å². The molecule has 31 heavy (non-hydrogen) atoms. The second-order valence-electron chi connectivity index (χ2n) is 7.08. The fraction of sp³-hybridized carbons (Fsp3) is 0.273.